The van der Waals surface area contributed by atoms with Crippen LogP contribution in [0.25, 0.3) is 10.8 Å². The van der Waals surface area contributed by atoms with Gasteiger partial charge < -0.3 is 10.3 Å². The number of anilines is 1. The van der Waals surface area contributed by atoms with Crippen LogP contribution >= 0.6 is 0 Å². The number of aromatic nitrogens is 1. The summed E-state index contributed by atoms with van der Waals surface area (Å²) in [6.45, 7) is 1.90. The topological polar surface area (TPSA) is 48.0 Å². The van der Waals surface area contributed by atoms with Gasteiger partial charge >= 0.3 is 0 Å². The van der Waals surface area contributed by atoms with Crippen molar-refractivity contribution in [2.75, 3.05) is 5.73 Å². The summed E-state index contributed by atoms with van der Waals surface area (Å²) >= 11 is 0. The molecule has 1 aromatic heterocycles. The van der Waals surface area contributed by atoms with E-state index in [2.05, 4.69) is 0 Å². The highest BCUT2D eigenvalue weighted by Gasteiger charge is 2.04. The number of benzene rings is 1. The number of nitrogens with two attached hydrogens (primary N) is 1. The highest BCUT2D eigenvalue weighted by molar-refractivity contribution is 5.92. The van der Waals surface area contributed by atoms with Crippen molar-refractivity contribution in [2.45, 2.75) is 6.92 Å². The summed E-state index contributed by atoms with van der Waals surface area (Å²) in [7, 11) is 1.76. The molecule has 3 heteroatoms. The fourth-order valence-electron chi connectivity index (χ4n) is 1.58. The van der Waals surface area contributed by atoms with Crippen LogP contribution in [0, 0.1) is 6.92 Å². The molecule has 0 aliphatic carbocycles. The number of fused-ring (bicyclic) bond motifs is 1. The molecule has 1 aromatic carbocycles. The minimum atomic E-state index is 0.00676. The summed E-state index contributed by atoms with van der Waals surface area (Å²) in [6, 6.07) is 7.34. The highest BCUT2D eigenvalue weighted by Crippen LogP contribution is 2.18. The smallest absolute Gasteiger partial charge is 0.258 e. The molecule has 0 atom stereocenters. The van der Waals surface area contributed by atoms with Crippen molar-refractivity contribution in [1.29, 1.82) is 0 Å². The molecule has 1 heterocycles. The van der Waals surface area contributed by atoms with Crippen LogP contribution in [0.5, 0.6) is 0 Å². The van der Waals surface area contributed by atoms with Gasteiger partial charge in [-0.1, -0.05) is 6.07 Å². The number of nitrogens with zero attached hydrogens (tertiary/aromatic N) is 1. The molecule has 0 radical (unpaired) electrons. The maximum atomic E-state index is 11.8. The van der Waals surface area contributed by atoms with E-state index in [0.717, 1.165) is 11.1 Å². The largest absolute Gasteiger partial charge is 0.398 e. The maximum Gasteiger partial charge on any atom is 0.258 e. The molecular formula is C11H12N2O. The monoisotopic (exact) mass is 188 g/mol. The molecule has 0 saturated carbocycles. The van der Waals surface area contributed by atoms with Crippen LogP contribution in [0.15, 0.2) is 29.1 Å². The predicted octanol–water partition coefficient (Wildman–Crippen LogP) is 1.43. The molecule has 0 saturated heterocycles. The first kappa shape index (κ1) is 8.81. The molecule has 0 aliphatic rings. The van der Waals surface area contributed by atoms with Crippen molar-refractivity contribution in [3.05, 3.63) is 40.3 Å². The van der Waals surface area contributed by atoms with E-state index in [-0.39, 0.29) is 5.56 Å². The van der Waals surface area contributed by atoms with Crippen LogP contribution in [-0.4, -0.2) is 4.57 Å². The molecule has 0 aliphatic heterocycles. The van der Waals surface area contributed by atoms with Crippen molar-refractivity contribution in [3.8, 4) is 0 Å². The normalized spacial score (nSPS) is 10.7. The second-order valence-corrected chi connectivity index (χ2v) is 3.46. The molecule has 2 aromatic rings. The fourth-order valence-corrected chi connectivity index (χ4v) is 1.58. The molecule has 14 heavy (non-hydrogen) atoms. The van der Waals surface area contributed by atoms with Crippen LogP contribution in [0.3, 0.4) is 0 Å². The van der Waals surface area contributed by atoms with E-state index in [1.165, 1.54) is 0 Å². The SMILES string of the molecule is Cc1cc2c(N)cccc2c(=O)n1C. The van der Waals surface area contributed by atoms with Gasteiger partial charge in [-0.15, -0.1) is 0 Å². The lowest BCUT2D eigenvalue weighted by atomic mass is 10.1. The van der Waals surface area contributed by atoms with Gasteiger partial charge in [0.2, 0.25) is 0 Å². The Hall–Kier alpha value is -1.77. The van der Waals surface area contributed by atoms with E-state index in [0.29, 0.717) is 11.1 Å². The summed E-state index contributed by atoms with van der Waals surface area (Å²) in [5.74, 6) is 0. The van der Waals surface area contributed by atoms with E-state index < -0.39 is 0 Å². The van der Waals surface area contributed by atoms with Crippen LogP contribution in [0.4, 0.5) is 5.69 Å². The first-order valence-corrected chi connectivity index (χ1v) is 4.46. The Morgan fingerprint density at radius 1 is 1.29 bits per heavy atom. The van der Waals surface area contributed by atoms with Crippen molar-refractivity contribution >= 4 is 16.5 Å². The number of aryl methyl sites for hydroxylation is 1. The van der Waals surface area contributed by atoms with Gasteiger partial charge in [-0.3, -0.25) is 4.79 Å². The number of rotatable bonds is 0. The van der Waals surface area contributed by atoms with E-state index >= 15 is 0 Å². The molecule has 3 nitrogen and oxygen atoms in total. The Labute approximate surface area is 81.8 Å². The first-order chi connectivity index (χ1) is 6.61. The van der Waals surface area contributed by atoms with Crippen LogP contribution in [0.2, 0.25) is 0 Å². The third-order valence-corrected chi connectivity index (χ3v) is 2.56. The lowest BCUT2D eigenvalue weighted by Gasteiger charge is -2.07. The minimum Gasteiger partial charge on any atom is -0.398 e. The molecular weight excluding hydrogens is 176 g/mol. The average molecular weight is 188 g/mol. The lowest BCUT2D eigenvalue weighted by Crippen LogP contribution is -2.18. The van der Waals surface area contributed by atoms with Crippen molar-refractivity contribution < 1.29 is 0 Å². The first-order valence-electron chi connectivity index (χ1n) is 4.46. The zero-order chi connectivity index (χ0) is 10.3. The standard InChI is InChI=1S/C11H12N2O/c1-7-6-9-8(11(14)13(7)2)4-3-5-10(9)12/h3-6H,12H2,1-2H3. The molecule has 2 rings (SSSR count). The molecule has 72 valence electrons. The molecule has 0 amide bonds. The Morgan fingerprint density at radius 2 is 2.00 bits per heavy atom. The quantitative estimate of drug-likeness (QED) is 0.636. The van der Waals surface area contributed by atoms with Gasteiger partial charge in [-0.2, -0.15) is 0 Å². The molecule has 2 N–H and O–H groups in total. The third-order valence-electron chi connectivity index (χ3n) is 2.56. The van der Waals surface area contributed by atoms with Gasteiger partial charge in [0, 0.05) is 29.2 Å². The molecule has 0 fully saturated rings. The Bertz CT molecular complexity index is 555. The zero-order valence-corrected chi connectivity index (χ0v) is 8.24. The lowest BCUT2D eigenvalue weighted by molar-refractivity contribution is 0.830. The third kappa shape index (κ3) is 1.09. The number of hydrogen-bond donors (Lipinski definition) is 1. The summed E-state index contributed by atoms with van der Waals surface area (Å²) in [5, 5.41) is 1.52. The maximum absolute atomic E-state index is 11.8. The number of hydrogen-bond acceptors (Lipinski definition) is 2. The summed E-state index contributed by atoms with van der Waals surface area (Å²) in [4.78, 5) is 11.8. The Balaban J connectivity index is 3.06. The van der Waals surface area contributed by atoms with E-state index in [4.69, 9.17) is 5.73 Å². The van der Waals surface area contributed by atoms with Gasteiger partial charge in [0.1, 0.15) is 0 Å². The molecule has 0 spiro atoms. The summed E-state index contributed by atoms with van der Waals surface area (Å²) < 4.78 is 1.63. The van der Waals surface area contributed by atoms with Gasteiger partial charge in [0.15, 0.2) is 0 Å². The Morgan fingerprint density at radius 3 is 2.71 bits per heavy atom. The fraction of sp³-hybridized carbons (Fsp3) is 0.182. The van der Waals surface area contributed by atoms with E-state index in [1.54, 1.807) is 29.8 Å². The van der Waals surface area contributed by atoms with Crippen LogP contribution < -0.4 is 11.3 Å². The van der Waals surface area contributed by atoms with Crippen molar-refractivity contribution in [2.24, 2.45) is 7.05 Å². The second kappa shape index (κ2) is 2.87. The van der Waals surface area contributed by atoms with Crippen molar-refractivity contribution in [1.82, 2.24) is 4.57 Å². The highest BCUT2D eigenvalue weighted by atomic mass is 16.1. The molecule has 0 unspecified atom stereocenters. The zero-order valence-electron chi connectivity index (χ0n) is 8.24. The van der Waals surface area contributed by atoms with Crippen LogP contribution in [-0.2, 0) is 7.05 Å². The van der Waals surface area contributed by atoms with Crippen molar-refractivity contribution in [3.63, 3.8) is 0 Å². The number of pyridine rings is 1. The summed E-state index contributed by atoms with van der Waals surface area (Å²) in [5.41, 5.74) is 7.38. The minimum absolute atomic E-state index is 0.00676. The van der Waals surface area contributed by atoms with Gasteiger partial charge in [0.05, 0.1) is 0 Å². The Kier molecular flexibility index (Phi) is 1.81. The average Bonchev–Trinajstić information content (AvgIpc) is 2.17. The van der Waals surface area contributed by atoms with Crippen LogP contribution in [0.1, 0.15) is 5.69 Å². The van der Waals surface area contributed by atoms with E-state index in [1.807, 2.05) is 13.0 Å². The summed E-state index contributed by atoms with van der Waals surface area (Å²) in [6.07, 6.45) is 0. The van der Waals surface area contributed by atoms with Gasteiger partial charge in [-0.25, -0.2) is 0 Å². The van der Waals surface area contributed by atoms with Gasteiger partial charge in [-0.05, 0) is 25.1 Å². The molecule has 0 bridgehead atoms. The predicted molar refractivity (Wildman–Crippen MR) is 58.3 cm³/mol. The second-order valence-electron chi connectivity index (χ2n) is 3.46. The number of nitrogen functional groups attached to an aromatic ring is 1. The van der Waals surface area contributed by atoms with E-state index in [9.17, 15) is 4.79 Å². The van der Waals surface area contributed by atoms with Gasteiger partial charge in [0.25, 0.3) is 5.56 Å².